The van der Waals surface area contributed by atoms with Gasteiger partial charge in [-0.1, -0.05) is 0 Å². The number of rotatable bonds is 5. The maximum atomic E-state index is 12.7. The number of aromatic nitrogens is 4. The Morgan fingerprint density at radius 1 is 1.39 bits per heavy atom. The maximum Gasteiger partial charge on any atom is 0.257 e. The SMILES string of the molecule is CCOCCc1cnc2n1CCN(C(=O)c1cnn(C)c1)[C@H]2C. The quantitative estimate of drug-likeness (QED) is 0.782. The molecule has 0 unspecified atom stereocenters. The predicted octanol–water partition coefficient (Wildman–Crippen LogP) is 1.41. The second-order valence-electron chi connectivity index (χ2n) is 5.78. The maximum absolute atomic E-state index is 12.7. The molecule has 1 aliphatic rings. The van der Waals surface area contributed by atoms with E-state index in [9.17, 15) is 4.79 Å². The van der Waals surface area contributed by atoms with Crippen LogP contribution in [-0.4, -0.2) is 49.9 Å². The van der Waals surface area contributed by atoms with Gasteiger partial charge in [0.05, 0.1) is 24.4 Å². The van der Waals surface area contributed by atoms with Gasteiger partial charge in [-0.2, -0.15) is 5.10 Å². The zero-order valence-corrected chi connectivity index (χ0v) is 13.9. The molecule has 0 fully saturated rings. The van der Waals surface area contributed by atoms with Gasteiger partial charge in [-0.15, -0.1) is 0 Å². The third kappa shape index (κ3) is 3.01. The molecule has 3 heterocycles. The van der Waals surface area contributed by atoms with Crippen molar-refractivity contribution in [2.24, 2.45) is 7.05 Å². The highest BCUT2D eigenvalue weighted by molar-refractivity contribution is 5.94. The second-order valence-corrected chi connectivity index (χ2v) is 5.78. The van der Waals surface area contributed by atoms with Crippen molar-refractivity contribution < 1.29 is 9.53 Å². The lowest BCUT2D eigenvalue weighted by atomic mass is 10.1. The molecule has 0 bridgehead atoms. The average molecular weight is 317 g/mol. The van der Waals surface area contributed by atoms with Crippen molar-refractivity contribution >= 4 is 5.91 Å². The van der Waals surface area contributed by atoms with Crippen LogP contribution in [-0.2, 0) is 24.8 Å². The lowest BCUT2D eigenvalue weighted by Gasteiger charge is -2.34. The molecule has 124 valence electrons. The second kappa shape index (κ2) is 6.54. The van der Waals surface area contributed by atoms with Crippen molar-refractivity contribution in [3.63, 3.8) is 0 Å². The van der Waals surface area contributed by atoms with Crippen LogP contribution in [0.5, 0.6) is 0 Å². The lowest BCUT2D eigenvalue weighted by molar-refractivity contribution is 0.0635. The van der Waals surface area contributed by atoms with E-state index >= 15 is 0 Å². The Kier molecular flexibility index (Phi) is 4.47. The monoisotopic (exact) mass is 317 g/mol. The van der Waals surface area contributed by atoms with E-state index in [1.165, 1.54) is 5.69 Å². The molecule has 1 atom stereocenters. The summed E-state index contributed by atoms with van der Waals surface area (Å²) in [7, 11) is 1.81. The Morgan fingerprint density at radius 3 is 2.91 bits per heavy atom. The lowest BCUT2D eigenvalue weighted by Crippen LogP contribution is -2.41. The first-order valence-corrected chi connectivity index (χ1v) is 8.03. The highest BCUT2D eigenvalue weighted by Gasteiger charge is 2.31. The number of nitrogens with zero attached hydrogens (tertiary/aromatic N) is 5. The Bertz CT molecular complexity index is 690. The third-order valence-corrected chi connectivity index (χ3v) is 4.29. The Balaban J connectivity index is 1.76. The first-order valence-electron chi connectivity index (χ1n) is 8.03. The summed E-state index contributed by atoms with van der Waals surface area (Å²) in [6.07, 6.45) is 6.13. The van der Waals surface area contributed by atoms with Crippen molar-refractivity contribution in [2.75, 3.05) is 19.8 Å². The number of amides is 1. The summed E-state index contributed by atoms with van der Waals surface area (Å²) >= 11 is 0. The minimum absolute atomic E-state index is 0.00992. The van der Waals surface area contributed by atoms with E-state index in [-0.39, 0.29) is 11.9 Å². The minimum Gasteiger partial charge on any atom is -0.381 e. The molecule has 0 saturated heterocycles. The van der Waals surface area contributed by atoms with Gasteiger partial charge in [0, 0.05) is 51.3 Å². The fourth-order valence-corrected chi connectivity index (χ4v) is 3.05. The summed E-state index contributed by atoms with van der Waals surface area (Å²) < 4.78 is 9.30. The number of ether oxygens (including phenoxy) is 1. The summed E-state index contributed by atoms with van der Waals surface area (Å²) in [5.74, 6) is 0.954. The van der Waals surface area contributed by atoms with Crippen LogP contribution in [0, 0.1) is 0 Å². The smallest absolute Gasteiger partial charge is 0.257 e. The van der Waals surface area contributed by atoms with E-state index in [2.05, 4.69) is 14.6 Å². The van der Waals surface area contributed by atoms with E-state index in [0.29, 0.717) is 18.7 Å². The number of imidazole rings is 1. The predicted molar refractivity (Wildman–Crippen MR) is 85.1 cm³/mol. The standard InChI is InChI=1S/C16H23N5O2/c1-4-23-8-5-14-10-17-15-12(2)20(6-7-21(14)15)16(22)13-9-18-19(3)11-13/h9-12H,4-8H2,1-3H3/t12-/m0/s1. The molecule has 3 rings (SSSR count). The Morgan fingerprint density at radius 2 is 2.22 bits per heavy atom. The van der Waals surface area contributed by atoms with Gasteiger partial charge in [-0.3, -0.25) is 9.48 Å². The molecule has 0 radical (unpaired) electrons. The van der Waals surface area contributed by atoms with Crippen molar-refractivity contribution in [1.82, 2.24) is 24.2 Å². The minimum atomic E-state index is -0.0442. The fraction of sp³-hybridized carbons (Fsp3) is 0.562. The number of fused-ring (bicyclic) bond motifs is 1. The molecule has 7 nitrogen and oxygen atoms in total. The zero-order valence-electron chi connectivity index (χ0n) is 13.9. The van der Waals surface area contributed by atoms with Crippen LogP contribution in [0.4, 0.5) is 0 Å². The van der Waals surface area contributed by atoms with Crippen LogP contribution in [0.1, 0.15) is 41.8 Å². The van der Waals surface area contributed by atoms with Crippen LogP contribution in [0.15, 0.2) is 18.6 Å². The summed E-state index contributed by atoms with van der Waals surface area (Å²) in [4.78, 5) is 19.1. The summed E-state index contributed by atoms with van der Waals surface area (Å²) in [5.41, 5.74) is 1.80. The van der Waals surface area contributed by atoms with Gasteiger partial charge >= 0.3 is 0 Å². The van der Waals surface area contributed by atoms with Gasteiger partial charge in [-0.25, -0.2) is 4.98 Å². The van der Waals surface area contributed by atoms with Crippen LogP contribution in [0.25, 0.3) is 0 Å². The van der Waals surface area contributed by atoms with Crippen molar-refractivity contribution in [1.29, 1.82) is 0 Å². The van der Waals surface area contributed by atoms with Gasteiger partial charge in [0.25, 0.3) is 5.91 Å². The van der Waals surface area contributed by atoms with Crippen LogP contribution >= 0.6 is 0 Å². The van der Waals surface area contributed by atoms with E-state index < -0.39 is 0 Å². The highest BCUT2D eigenvalue weighted by Crippen LogP contribution is 2.27. The van der Waals surface area contributed by atoms with Crippen LogP contribution in [0.3, 0.4) is 0 Å². The van der Waals surface area contributed by atoms with Crippen LogP contribution in [0.2, 0.25) is 0 Å². The van der Waals surface area contributed by atoms with Crippen LogP contribution < -0.4 is 0 Å². The number of hydrogen-bond donors (Lipinski definition) is 0. The van der Waals surface area contributed by atoms with Gasteiger partial charge < -0.3 is 14.2 Å². The highest BCUT2D eigenvalue weighted by atomic mass is 16.5. The van der Waals surface area contributed by atoms with Crippen molar-refractivity contribution in [3.8, 4) is 0 Å². The summed E-state index contributed by atoms with van der Waals surface area (Å²) in [6, 6.07) is -0.0442. The van der Waals surface area contributed by atoms with E-state index in [0.717, 1.165) is 25.4 Å². The summed E-state index contributed by atoms with van der Waals surface area (Å²) in [5, 5.41) is 4.08. The van der Waals surface area contributed by atoms with Gasteiger partial charge in [0.1, 0.15) is 5.82 Å². The van der Waals surface area contributed by atoms with Crippen molar-refractivity contribution in [3.05, 3.63) is 35.7 Å². The Labute approximate surface area is 135 Å². The number of hydrogen-bond acceptors (Lipinski definition) is 4. The number of carbonyl (C=O) groups excluding carboxylic acids is 1. The largest absolute Gasteiger partial charge is 0.381 e. The first kappa shape index (κ1) is 15.7. The molecule has 7 heteroatoms. The Hall–Kier alpha value is -2.15. The molecular formula is C16H23N5O2. The van der Waals surface area contributed by atoms with E-state index in [1.54, 1.807) is 17.1 Å². The molecule has 0 aliphatic carbocycles. The molecule has 0 saturated carbocycles. The molecule has 0 spiro atoms. The number of aryl methyl sites for hydroxylation is 1. The molecule has 0 aromatic carbocycles. The zero-order chi connectivity index (χ0) is 16.4. The first-order chi connectivity index (χ1) is 11.1. The van der Waals surface area contributed by atoms with E-state index in [4.69, 9.17) is 4.74 Å². The normalized spacial score (nSPS) is 17.3. The van der Waals surface area contributed by atoms with E-state index in [1.807, 2.05) is 32.0 Å². The molecule has 1 amide bonds. The average Bonchev–Trinajstić information content (AvgIpc) is 3.15. The molecule has 0 N–H and O–H groups in total. The molecule has 23 heavy (non-hydrogen) atoms. The van der Waals surface area contributed by atoms with Gasteiger partial charge in [0.2, 0.25) is 0 Å². The molecule has 2 aromatic heterocycles. The molecule has 2 aromatic rings. The molecule has 1 aliphatic heterocycles. The van der Waals surface area contributed by atoms with Gasteiger partial charge in [-0.05, 0) is 13.8 Å². The molecular weight excluding hydrogens is 294 g/mol. The topological polar surface area (TPSA) is 65.2 Å². The third-order valence-electron chi connectivity index (χ3n) is 4.29. The fourth-order valence-electron chi connectivity index (χ4n) is 3.05. The summed E-state index contributed by atoms with van der Waals surface area (Å²) in [6.45, 7) is 6.90. The van der Waals surface area contributed by atoms with Gasteiger partial charge in [0.15, 0.2) is 0 Å². The number of carbonyl (C=O) groups is 1. The van der Waals surface area contributed by atoms with Crippen molar-refractivity contribution in [2.45, 2.75) is 32.9 Å².